The molecular weight excluding hydrogens is 374 g/mol. The van der Waals surface area contributed by atoms with Crippen LogP contribution in [-0.2, 0) is 14.8 Å². The molecule has 0 spiro atoms. The zero-order valence-corrected chi connectivity index (χ0v) is 15.9. The molecule has 0 saturated heterocycles. The Morgan fingerprint density at radius 3 is 2.22 bits per heavy atom. The second kappa shape index (κ2) is 6.38. The Kier molecular flexibility index (Phi) is 4.60. The standard InChI is InChI=1S/C19H20F2N2O3S/c1-10-8-13(20)14(21)9-15(10)23-18(24)17-16(19(17,2)3)11-4-6-12(7-5-11)27(22,25)26/h4-9,16-17H,1-3H3,(H,23,24)(H2,22,25,26)/t16-,17+/m0/s1. The number of carbonyl (C=O) groups is 1. The first kappa shape index (κ1) is 19.4. The molecule has 2 atom stereocenters. The number of nitrogens with one attached hydrogen (secondary N) is 1. The number of aryl methyl sites for hydroxylation is 1. The van der Waals surface area contributed by atoms with Gasteiger partial charge in [-0.3, -0.25) is 4.79 Å². The van der Waals surface area contributed by atoms with Crippen LogP contribution in [0.1, 0.15) is 30.9 Å². The van der Waals surface area contributed by atoms with Crippen LogP contribution in [0.2, 0.25) is 0 Å². The zero-order valence-electron chi connectivity index (χ0n) is 15.1. The second-order valence-corrected chi connectivity index (χ2v) is 9.02. The molecule has 1 fully saturated rings. The van der Waals surface area contributed by atoms with Crippen LogP contribution in [-0.4, -0.2) is 14.3 Å². The van der Waals surface area contributed by atoms with Crippen LogP contribution in [0, 0.1) is 29.9 Å². The van der Waals surface area contributed by atoms with E-state index in [1.807, 2.05) is 13.8 Å². The third-order valence-electron chi connectivity index (χ3n) is 5.20. The average Bonchev–Trinajstić information content (AvgIpc) is 3.14. The van der Waals surface area contributed by atoms with E-state index in [-0.39, 0.29) is 33.7 Å². The number of halogens is 2. The lowest BCUT2D eigenvalue weighted by Gasteiger charge is -2.10. The maximum Gasteiger partial charge on any atom is 0.238 e. The predicted molar refractivity (Wildman–Crippen MR) is 97.6 cm³/mol. The molecule has 5 nitrogen and oxygen atoms in total. The molecule has 0 aliphatic heterocycles. The molecule has 1 amide bonds. The van der Waals surface area contributed by atoms with Crippen molar-refractivity contribution in [1.82, 2.24) is 0 Å². The van der Waals surface area contributed by atoms with Crippen molar-refractivity contribution in [3.8, 4) is 0 Å². The number of anilines is 1. The summed E-state index contributed by atoms with van der Waals surface area (Å²) in [6.45, 7) is 5.43. The largest absolute Gasteiger partial charge is 0.325 e. The number of hydrogen-bond donors (Lipinski definition) is 2. The molecule has 1 saturated carbocycles. The Bertz CT molecular complexity index is 1020. The van der Waals surface area contributed by atoms with Crippen LogP contribution in [0.5, 0.6) is 0 Å². The molecule has 27 heavy (non-hydrogen) atoms. The van der Waals surface area contributed by atoms with Crippen molar-refractivity contribution in [2.45, 2.75) is 31.6 Å². The first-order valence-electron chi connectivity index (χ1n) is 8.32. The van der Waals surface area contributed by atoms with E-state index in [9.17, 15) is 22.0 Å². The Labute approximate surface area is 156 Å². The van der Waals surface area contributed by atoms with Crippen molar-refractivity contribution in [2.24, 2.45) is 16.5 Å². The Balaban J connectivity index is 1.81. The Morgan fingerprint density at radius 1 is 1.11 bits per heavy atom. The van der Waals surface area contributed by atoms with Gasteiger partial charge in [-0.05, 0) is 41.7 Å². The molecule has 0 bridgehead atoms. The fourth-order valence-corrected chi connectivity index (χ4v) is 4.12. The van der Waals surface area contributed by atoms with Crippen LogP contribution in [0.3, 0.4) is 0 Å². The lowest BCUT2D eigenvalue weighted by atomic mass is 10.0. The fraction of sp³-hybridized carbons (Fsp3) is 0.316. The van der Waals surface area contributed by atoms with Crippen molar-refractivity contribution in [1.29, 1.82) is 0 Å². The van der Waals surface area contributed by atoms with E-state index in [0.717, 1.165) is 17.7 Å². The SMILES string of the molecule is Cc1cc(F)c(F)cc1NC(=O)[C@H]1[C@H](c2ccc(S(N)(=O)=O)cc2)C1(C)C. The summed E-state index contributed by atoms with van der Waals surface area (Å²) >= 11 is 0. The van der Waals surface area contributed by atoms with E-state index in [1.54, 1.807) is 19.1 Å². The van der Waals surface area contributed by atoms with E-state index >= 15 is 0 Å². The van der Waals surface area contributed by atoms with Gasteiger partial charge >= 0.3 is 0 Å². The first-order chi connectivity index (χ1) is 12.4. The molecule has 0 heterocycles. The number of primary sulfonamides is 1. The summed E-state index contributed by atoms with van der Waals surface area (Å²) < 4.78 is 49.5. The van der Waals surface area contributed by atoms with Gasteiger partial charge in [0.1, 0.15) is 0 Å². The monoisotopic (exact) mass is 394 g/mol. The van der Waals surface area contributed by atoms with Gasteiger partial charge in [0.05, 0.1) is 10.8 Å². The molecule has 0 radical (unpaired) electrons. The van der Waals surface area contributed by atoms with Crippen LogP contribution in [0.15, 0.2) is 41.3 Å². The quantitative estimate of drug-likeness (QED) is 0.834. The molecule has 8 heteroatoms. The van der Waals surface area contributed by atoms with Gasteiger partial charge in [0.15, 0.2) is 11.6 Å². The number of amides is 1. The van der Waals surface area contributed by atoms with Crippen molar-refractivity contribution in [3.63, 3.8) is 0 Å². The summed E-state index contributed by atoms with van der Waals surface area (Å²) in [6, 6.07) is 8.10. The highest BCUT2D eigenvalue weighted by Crippen LogP contribution is 2.64. The van der Waals surface area contributed by atoms with Gasteiger partial charge in [-0.25, -0.2) is 22.3 Å². The van der Waals surface area contributed by atoms with Crippen LogP contribution in [0.4, 0.5) is 14.5 Å². The fourth-order valence-electron chi connectivity index (χ4n) is 3.61. The van der Waals surface area contributed by atoms with E-state index in [4.69, 9.17) is 5.14 Å². The van der Waals surface area contributed by atoms with Gasteiger partial charge in [-0.2, -0.15) is 0 Å². The van der Waals surface area contributed by atoms with Gasteiger partial charge in [0.25, 0.3) is 0 Å². The minimum absolute atomic E-state index is 0.00289. The number of rotatable bonds is 4. The number of benzene rings is 2. The molecule has 0 unspecified atom stereocenters. The van der Waals surface area contributed by atoms with E-state index in [1.165, 1.54) is 12.1 Å². The predicted octanol–water partition coefficient (Wildman–Crippen LogP) is 3.30. The van der Waals surface area contributed by atoms with E-state index in [2.05, 4.69) is 5.32 Å². The maximum absolute atomic E-state index is 13.5. The highest BCUT2D eigenvalue weighted by molar-refractivity contribution is 7.89. The third kappa shape index (κ3) is 3.59. The summed E-state index contributed by atoms with van der Waals surface area (Å²) in [6.07, 6.45) is 0. The summed E-state index contributed by atoms with van der Waals surface area (Å²) in [7, 11) is -3.78. The lowest BCUT2D eigenvalue weighted by Crippen LogP contribution is -2.18. The third-order valence-corrected chi connectivity index (χ3v) is 6.13. The van der Waals surface area contributed by atoms with Crippen LogP contribution >= 0.6 is 0 Å². The van der Waals surface area contributed by atoms with Crippen LogP contribution in [0.25, 0.3) is 0 Å². The van der Waals surface area contributed by atoms with Crippen molar-refractivity contribution in [2.75, 3.05) is 5.32 Å². The average molecular weight is 394 g/mol. The Hall–Kier alpha value is -2.32. The van der Waals surface area contributed by atoms with Crippen molar-refractivity contribution < 1.29 is 22.0 Å². The number of sulfonamides is 1. The second-order valence-electron chi connectivity index (χ2n) is 7.46. The minimum Gasteiger partial charge on any atom is -0.325 e. The highest BCUT2D eigenvalue weighted by atomic mass is 32.2. The number of hydrogen-bond acceptors (Lipinski definition) is 3. The molecule has 2 aromatic carbocycles. The van der Waals surface area contributed by atoms with Gasteiger partial charge in [-0.15, -0.1) is 0 Å². The minimum atomic E-state index is -3.78. The molecule has 0 aromatic heterocycles. The molecule has 1 aliphatic rings. The van der Waals surface area contributed by atoms with Crippen LogP contribution < -0.4 is 10.5 Å². The summed E-state index contributed by atoms with van der Waals surface area (Å²) in [4.78, 5) is 12.7. The molecule has 144 valence electrons. The summed E-state index contributed by atoms with van der Waals surface area (Å²) in [5.41, 5.74) is 1.11. The van der Waals surface area contributed by atoms with Gasteiger partial charge in [0, 0.05) is 17.7 Å². The topological polar surface area (TPSA) is 89.3 Å². The highest BCUT2D eigenvalue weighted by Gasteiger charge is 2.62. The number of carbonyl (C=O) groups excluding carboxylic acids is 1. The van der Waals surface area contributed by atoms with Gasteiger partial charge in [0.2, 0.25) is 15.9 Å². The number of nitrogens with two attached hydrogens (primary N) is 1. The molecule has 2 aromatic rings. The molecule has 3 rings (SSSR count). The van der Waals surface area contributed by atoms with Crippen molar-refractivity contribution >= 4 is 21.6 Å². The maximum atomic E-state index is 13.5. The normalized spacial score (nSPS) is 21.0. The van der Waals surface area contributed by atoms with Gasteiger partial charge < -0.3 is 5.32 Å². The smallest absolute Gasteiger partial charge is 0.238 e. The Morgan fingerprint density at radius 2 is 1.67 bits per heavy atom. The molecule has 1 aliphatic carbocycles. The zero-order chi connectivity index (χ0) is 20.1. The van der Waals surface area contributed by atoms with Crippen molar-refractivity contribution in [3.05, 3.63) is 59.2 Å². The van der Waals surface area contributed by atoms with E-state index < -0.39 is 21.7 Å². The lowest BCUT2D eigenvalue weighted by molar-refractivity contribution is -0.118. The molecule has 3 N–H and O–H groups in total. The summed E-state index contributed by atoms with van der Waals surface area (Å²) in [5, 5.41) is 7.77. The molecular formula is C19H20F2N2O3S. The first-order valence-corrected chi connectivity index (χ1v) is 9.87. The summed E-state index contributed by atoms with van der Waals surface area (Å²) in [5.74, 6) is -2.80. The van der Waals surface area contributed by atoms with Gasteiger partial charge in [-0.1, -0.05) is 26.0 Å². The van der Waals surface area contributed by atoms with E-state index in [0.29, 0.717) is 5.56 Å².